The molecule has 1 amide bonds. The summed E-state index contributed by atoms with van der Waals surface area (Å²) in [7, 11) is 1.50. The van der Waals surface area contributed by atoms with Crippen LogP contribution in [0.25, 0.3) is 6.08 Å². The van der Waals surface area contributed by atoms with Gasteiger partial charge in [-0.2, -0.15) is 0 Å². The number of methoxy groups -OCH3 is 1. The lowest BCUT2D eigenvalue weighted by molar-refractivity contribution is -0.123. The van der Waals surface area contributed by atoms with E-state index in [-0.39, 0.29) is 17.7 Å². The van der Waals surface area contributed by atoms with E-state index in [0.29, 0.717) is 15.0 Å². The molecule has 0 radical (unpaired) electrons. The van der Waals surface area contributed by atoms with Crippen molar-refractivity contribution in [1.82, 2.24) is 4.90 Å². The zero-order valence-electron chi connectivity index (χ0n) is 12.2. The van der Waals surface area contributed by atoms with E-state index < -0.39 is 0 Å². The minimum absolute atomic E-state index is 0.00561. The smallest absolute Gasteiger partial charge is 0.266 e. The van der Waals surface area contributed by atoms with Gasteiger partial charge in [0.1, 0.15) is 4.32 Å². The van der Waals surface area contributed by atoms with Gasteiger partial charge in [0.2, 0.25) is 0 Å². The maximum Gasteiger partial charge on any atom is 0.266 e. The Hall–Kier alpha value is -1.53. The Morgan fingerprint density at radius 1 is 1.41 bits per heavy atom. The van der Waals surface area contributed by atoms with Gasteiger partial charge < -0.3 is 9.84 Å². The topological polar surface area (TPSA) is 49.8 Å². The first kappa shape index (κ1) is 15.4. The Bertz CT molecular complexity index is 651. The monoisotopic (exact) mass is 335 g/mol. The predicted octanol–water partition coefficient (Wildman–Crippen LogP) is 3.54. The van der Waals surface area contributed by atoms with E-state index in [1.165, 1.54) is 18.9 Å². The summed E-state index contributed by atoms with van der Waals surface area (Å²) >= 11 is 6.73. The summed E-state index contributed by atoms with van der Waals surface area (Å²) in [6.45, 7) is 0. The molecule has 4 nitrogen and oxygen atoms in total. The quantitative estimate of drug-likeness (QED) is 0.676. The Morgan fingerprint density at radius 2 is 2.14 bits per heavy atom. The first-order valence-corrected chi connectivity index (χ1v) is 8.46. The summed E-state index contributed by atoms with van der Waals surface area (Å²) in [6.07, 6.45) is 6.20. The summed E-state index contributed by atoms with van der Waals surface area (Å²) in [6, 6.07) is 5.27. The standard InChI is InChI=1S/C16H17NO3S2/c1-20-13-8-10(6-7-12(13)18)9-14-15(19)17(16(21)22-14)11-4-2-3-5-11/h6-9,11,18H,2-5H2,1H3/b14-9-. The SMILES string of the molecule is COc1cc(/C=C2\SC(=S)N(C3CCCC3)C2=O)ccc1O. The molecule has 1 N–H and O–H groups in total. The van der Waals surface area contributed by atoms with Crippen LogP contribution in [0.4, 0.5) is 0 Å². The summed E-state index contributed by atoms with van der Waals surface area (Å²) in [5.41, 5.74) is 0.807. The number of amides is 1. The molecule has 2 fully saturated rings. The van der Waals surface area contributed by atoms with E-state index in [2.05, 4.69) is 0 Å². The molecule has 0 spiro atoms. The van der Waals surface area contributed by atoms with Crippen molar-refractivity contribution in [2.24, 2.45) is 0 Å². The molecule has 0 unspecified atom stereocenters. The van der Waals surface area contributed by atoms with Crippen molar-refractivity contribution in [3.8, 4) is 11.5 Å². The normalized spacial score (nSPS) is 21.1. The number of phenolic OH excluding ortho intramolecular Hbond substituents is 1. The third kappa shape index (κ3) is 2.85. The van der Waals surface area contributed by atoms with E-state index in [1.54, 1.807) is 29.2 Å². The number of aromatic hydroxyl groups is 1. The number of hydrogen-bond donors (Lipinski definition) is 1. The zero-order chi connectivity index (χ0) is 15.7. The van der Waals surface area contributed by atoms with E-state index in [9.17, 15) is 9.90 Å². The lowest BCUT2D eigenvalue weighted by atomic mass is 10.1. The van der Waals surface area contributed by atoms with E-state index in [0.717, 1.165) is 31.2 Å². The number of thioether (sulfide) groups is 1. The molecular formula is C16H17NO3S2. The van der Waals surface area contributed by atoms with E-state index in [1.807, 2.05) is 0 Å². The fourth-order valence-electron chi connectivity index (χ4n) is 2.89. The van der Waals surface area contributed by atoms with E-state index >= 15 is 0 Å². The number of ether oxygens (including phenoxy) is 1. The average Bonchev–Trinajstić information content (AvgIpc) is 3.10. The van der Waals surface area contributed by atoms with Crippen LogP contribution in [0.15, 0.2) is 23.1 Å². The highest BCUT2D eigenvalue weighted by Crippen LogP contribution is 2.38. The highest BCUT2D eigenvalue weighted by atomic mass is 32.2. The highest BCUT2D eigenvalue weighted by molar-refractivity contribution is 8.26. The third-order valence-corrected chi connectivity index (χ3v) is 5.35. The lowest BCUT2D eigenvalue weighted by Gasteiger charge is -2.21. The molecule has 1 aliphatic heterocycles. The van der Waals surface area contributed by atoms with Gasteiger partial charge in [0, 0.05) is 6.04 Å². The van der Waals surface area contributed by atoms with Crippen molar-refractivity contribution >= 4 is 40.3 Å². The van der Waals surface area contributed by atoms with Gasteiger partial charge in [-0.15, -0.1) is 0 Å². The average molecular weight is 335 g/mol. The number of thiocarbonyl (C=S) groups is 1. The van der Waals surface area contributed by atoms with Gasteiger partial charge in [-0.05, 0) is 36.6 Å². The van der Waals surface area contributed by atoms with Crippen molar-refractivity contribution in [2.45, 2.75) is 31.7 Å². The molecule has 2 aliphatic rings. The molecular weight excluding hydrogens is 318 g/mol. The van der Waals surface area contributed by atoms with Crippen molar-refractivity contribution in [3.05, 3.63) is 28.7 Å². The van der Waals surface area contributed by atoms with Crippen molar-refractivity contribution < 1.29 is 14.6 Å². The molecule has 1 saturated heterocycles. The van der Waals surface area contributed by atoms with Crippen LogP contribution < -0.4 is 4.74 Å². The molecule has 116 valence electrons. The number of benzene rings is 1. The van der Waals surface area contributed by atoms with Gasteiger partial charge in [-0.3, -0.25) is 9.69 Å². The number of nitrogens with zero attached hydrogens (tertiary/aromatic N) is 1. The maximum absolute atomic E-state index is 12.6. The van der Waals surface area contributed by atoms with Crippen LogP contribution >= 0.6 is 24.0 Å². The van der Waals surface area contributed by atoms with Gasteiger partial charge in [-0.25, -0.2) is 0 Å². The second-order valence-electron chi connectivity index (χ2n) is 5.42. The van der Waals surface area contributed by atoms with Gasteiger partial charge in [0.05, 0.1) is 12.0 Å². The van der Waals surface area contributed by atoms with Crippen molar-refractivity contribution in [3.63, 3.8) is 0 Å². The first-order valence-electron chi connectivity index (χ1n) is 7.24. The molecule has 1 heterocycles. The molecule has 0 atom stereocenters. The molecule has 1 aromatic carbocycles. The maximum atomic E-state index is 12.6. The summed E-state index contributed by atoms with van der Waals surface area (Å²) in [5.74, 6) is 0.465. The summed E-state index contributed by atoms with van der Waals surface area (Å²) in [4.78, 5) is 15.0. The van der Waals surface area contributed by atoms with Gasteiger partial charge in [-0.1, -0.05) is 42.9 Å². The van der Waals surface area contributed by atoms with Crippen LogP contribution in [-0.2, 0) is 4.79 Å². The third-order valence-electron chi connectivity index (χ3n) is 4.01. The van der Waals surface area contributed by atoms with Crippen molar-refractivity contribution in [2.75, 3.05) is 7.11 Å². The number of carbonyl (C=O) groups excluding carboxylic acids is 1. The lowest BCUT2D eigenvalue weighted by Crippen LogP contribution is -2.36. The highest BCUT2D eigenvalue weighted by Gasteiger charge is 2.38. The van der Waals surface area contributed by atoms with Crippen LogP contribution in [0.3, 0.4) is 0 Å². The van der Waals surface area contributed by atoms with Gasteiger partial charge >= 0.3 is 0 Å². The molecule has 1 saturated carbocycles. The zero-order valence-corrected chi connectivity index (χ0v) is 13.9. The van der Waals surface area contributed by atoms with Gasteiger partial charge in [0.25, 0.3) is 5.91 Å². The second kappa shape index (κ2) is 6.30. The Morgan fingerprint density at radius 3 is 2.82 bits per heavy atom. The Kier molecular flexibility index (Phi) is 4.40. The second-order valence-corrected chi connectivity index (χ2v) is 7.10. The first-order chi connectivity index (χ1) is 10.6. The molecule has 0 aromatic heterocycles. The predicted molar refractivity (Wildman–Crippen MR) is 91.9 cm³/mol. The number of carbonyl (C=O) groups is 1. The number of rotatable bonds is 3. The molecule has 1 aromatic rings. The van der Waals surface area contributed by atoms with Gasteiger partial charge in [0.15, 0.2) is 11.5 Å². The summed E-state index contributed by atoms with van der Waals surface area (Å²) in [5, 5.41) is 9.63. The molecule has 3 rings (SSSR count). The number of phenols is 1. The molecule has 0 bridgehead atoms. The van der Waals surface area contributed by atoms with Crippen LogP contribution in [-0.4, -0.2) is 33.4 Å². The van der Waals surface area contributed by atoms with Crippen LogP contribution in [0.5, 0.6) is 11.5 Å². The minimum Gasteiger partial charge on any atom is -0.504 e. The summed E-state index contributed by atoms with van der Waals surface area (Å²) < 4.78 is 5.74. The molecule has 1 aliphatic carbocycles. The van der Waals surface area contributed by atoms with E-state index in [4.69, 9.17) is 17.0 Å². The Balaban J connectivity index is 1.86. The fraction of sp³-hybridized carbons (Fsp3) is 0.375. The van der Waals surface area contributed by atoms with Crippen LogP contribution in [0.2, 0.25) is 0 Å². The van der Waals surface area contributed by atoms with Crippen molar-refractivity contribution in [1.29, 1.82) is 0 Å². The minimum atomic E-state index is -0.00561. The molecule has 22 heavy (non-hydrogen) atoms. The number of hydrogen-bond acceptors (Lipinski definition) is 5. The largest absolute Gasteiger partial charge is 0.504 e. The Labute approximate surface area is 139 Å². The van der Waals surface area contributed by atoms with Crippen LogP contribution in [0, 0.1) is 0 Å². The molecule has 6 heteroatoms. The fourth-order valence-corrected chi connectivity index (χ4v) is 4.29. The van der Waals surface area contributed by atoms with Crippen LogP contribution in [0.1, 0.15) is 31.2 Å².